The molecule has 4 rings (SSSR count). The summed E-state index contributed by atoms with van der Waals surface area (Å²) in [6.07, 6.45) is 4.59. The van der Waals surface area contributed by atoms with Crippen molar-refractivity contribution in [2.45, 2.75) is 32.5 Å². The predicted octanol–water partition coefficient (Wildman–Crippen LogP) is 3.25. The van der Waals surface area contributed by atoms with Gasteiger partial charge in [0.25, 0.3) is 0 Å². The summed E-state index contributed by atoms with van der Waals surface area (Å²) in [5.41, 5.74) is 5.03. The second-order valence-electron chi connectivity index (χ2n) is 7.98. The first kappa shape index (κ1) is 19.8. The zero-order valence-corrected chi connectivity index (χ0v) is 17.1. The molecule has 0 radical (unpaired) electrons. The third kappa shape index (κ3) is 5.12. The topological polar surface area (TPSA) is 44.5 Å². The minimum atomic E-state index is 0.234. The zero-order chi connectivity index (χ0) is 20.1. The van der Waals surface area contributed by atoms with Gasteiger partial charge in [-0.15, -0.1) is 0 Å². The first-order valence-electron chi connectivity index (χ1n) is 10.4. The molecule has 1 fully saturated rings. The molecule has 1 saturated heterocycles. The molecule has 1 atom stereocenters. The lowest BCUT2D eigenvalue weighted by Gasteiger charge is -2.41. The maximum Gasteiger partial charge on any atom is 0.0648 e. The molecule has 152 valence electrons. The third-order valence-electron chi connectivity index (χ3n) is 5.74. The number of aromatic nitrogens is 2. The number of piperazine rings is 1. The lowest BCUT2D eigenvalue weighted by molar-refractivity contribution is 0.0500. The second-order valence-corrected chi connectivity index (χ2v) is 7.98. The van der Waals surface area contributed by atoms with Crippen LogP contribution >= 0.6 is 0 Å². The van der Waals surface area contributed by atoms with Crippen LogP contribution in [0.25, 0.3) is 5.69 Å². The quantitative estimate of drug-likeness (QED) is 0.673. The minimum Gasteiger partial charge on any atom is -0.396 e. The van der Waals surface area contributed by atoms with E-state index >= 15 is 0 Å². The van der Waals surface area contributed by atoms with Gasteiger partial charge in [-0.25, -0.2) is 4.68 Å². The number of hydrogen-bond donors (Lipinski definition) is 1. The highest BCUT2D eigenvalue weighted by molar-refractivity contribution is 5.35. The molecule has 1 aromatic heterocycles. The molecule has 5 heteroatoms. The average Bonchev–Trinajstić information content (AvgIpc) is 3.27. The van der Waals surface area contributed by atoms with Gasteiger partial charge in [-0.2, -0.15) is 5.10 Å². The Kier molecular flexibility index (Phi) is 6.39. The maximum absolute atomic E-state index is 9.60. The molecule has 0 unspecified atom stereocenters. The zero-order valence-electron chi connectivity index (χ0n) is 17.1. The molecule has 0 amide bonds. The summed E-state index contributed by atoms with van der Waals surface area (Å²) in [5.74, 6) is 0. The van der Waals surface area contributed by atoms with E-state index in [0.29, 0.717) is 6.04 Å². The average molecular weight is 391 g/mol. The summed E-state index contributed by atoms with van der Waals surface area (Å²) in [7, 11) is 0. The van der Waals surface area contributed by atoms with Crippen molar-refractivity contribution in [1.82, 2.24) is 19.6 Å². The molecule has 5 nitrogen and oxygen atoms in total. The van der Waals surface area contributed by atoms with Crippen LogP contribution in [0.15, 0.2) is 67.0 Å². The molecule has 0 saturated carbocycles. The summed E-state index contributed by atoms with van der Waals surface area (Å²) in [6, 6.07) is 19.7. The van der Waals surface area contributed by atoms with Gasteiger partial charge in [0.2, 0.25) is 0 Å². The standard InChI is InChI=1S/C24H30N4O/c1-20-6-8-21(9-7-20)18-27-14-13-26(19-24(27)10-15-29)17-22-4-2-5-23(16-22)28-12-3-11-25-28/h2-9,11-12,16,24,29H,10,13-15,17-19H2,1H3/t24-/m1/s1. The van der Waals surface area contributed by atoms with E-state index in [1.54, 1.807) is 6.20 Å². The molecule has 3 aromatic rings. The Bertz CT molecular complexity index is 892. The van der Waals surface area contributed by atoms with Crippen molar-refractivity contribution in [2.75, 3.05) is 26.2 Å². The first-order chi connectivity index (χ1) is 14.2. The summed E-state index contributed by atoms with van der Waals surface area (Å²) in [6.45, 7) is 7.29. The fourth-order valence-electron chi connectivity index (χ4n) is 4.14. The Labute approximate surface area is 173 Å². The fourth-order valence-corrected chi connectivity index (χ4v) is 4.14. The van der Waals surface area contributed by atoms with Gasteiger partial charge >= 0.3 is 0 Å². The normalized spacial score (nSPS) is 18.2. The van der Waals surface area contributed by atoms with Gasteiger partial charge in [0.1, 0.15) is 0 Å². The van der Waals surface area contributed by atoms with Crippen molar-refractivity contribution in [3.8, 4) is 5.69 Å². The number of aliphatic hydroxyl groups excluding tert-OH is 1. The Morgan fingerprint density at radius 2 is 1.86 bits per heavy atom. The molecule has 2 aromatic carbocycles. The Balaban J connectivity index is 1.40. The number of aliphatic hydroxyl groups is 1. The van der Waals surface area contributed by atoms with Gasteiger partial charge in [-0.05, 0) is 42.7 Å². The Morgan fingerprint density at radius 1 is 1.00 bits per heavy atom. The van der Waals surface area contributed by atoms with Crippen LogP contribution < -0.4 is 0 Å². The number of hydrogen-bond acceptors (Lipinski definition) is 4. The summed E-state index contributed by atoms with van der Waals surface area (Å²) >= 11 is 0. The van der Waals surface area contributed by atoms with E-state index in [9.17, 15) is 5.11 Å². The van der Waals surface area contributed by atoms with Crippen LogP contribution in [0.2, 0.25) is 0 Å². The predicted molar refractivity (Wildman–Crippen MR) is 116 cm³/mol. The molecule has 0 spiro atoms. The van der Waals surface area contributed by atoms with Crippen LogP contribution in [0.4, 0.5) is 0 Å². The van der Waals surface area contributed by atoms with Crippen LogP contribution in [0, 0.1) is 6.92 Å². The summed E-state index contributed by atoms with van der Waals surface area (Å²) in [5, 5.41) is 13.9. The monoisotopic (exact) mass is 390 g/mol. The number of nitrogens with zero attached hydrogens (tertiary/aromatic N) is 4. The van der Waals surface area contributed by atoms with Crippen molar-refractivity contribution in [3.63, 3.8) is 0 Å². The van der Waals surface area contributed by atoms with Gasteiger partial charge in [0.15, 0.2) is 0 Å². The van der Waals surface area contributed by atoms with Crippen LogP contribution in [-0.2, 0) is 13.1 Å². The lowest BCUT2D eigenvalue weighted by atomic mass is 10.1. The van der Waals surface area contributed by atoms with Crippen LogP contribution in [0.3, 0.4) is 0 Å². The van der Waals surface area contributed by atoms with E-state index in [4.69, 9.17) is 0 Å². The third-order valence-corrected chi connectivity index (χ3v) is 5.74. The Morgan fingerprint density at radius 3 is 2.62 bits per heavy atom. The van der Waals surface area contributed by atoms with E-state index in [2.05, 4.69) is 70.4 Å². The first-order valence-corrected chi connectivity index (χ1v) is 10.4. The molecular weight excluding hydrogens is 360 g/mol. The van der Waals surface area contributed by atoms with Gasteiger partial charge in [0, 0.05) is 57.8 Å². The highest BCUT2D eigenvalue weighted by Crippen LogP contribution is 2.19. The van der Waals surface area contributed by atoms with Crippen molar-refractivity contribution >= 4 is 0 Å². The minimum absolute atomic E-state index is 0.234. The highest BCUT2D eigenvalue weighted by Gasteiger charge is 2.26. The number of aryl methyl sites for hydroxylation is 1. The highest BCUT2D eigenvalue weighted by atomic mass is 16.3. The number of benzene rings is 2. The molecule has 0 bridgehead atoms. The maximum atomic E-state index is 9.60. The van der Waals surface area contributed by atoms with E-state index < -0.39 is 0 Å². The van der Waals surface area contributed by atoms with Crippen LogP contribution in [0.1, 0.15) is 23.1 Å². The molecule has 29 heavy (non-hydrogen) atoms. The van der Waals surface area contributed by atoms with Gasteiger partial charge < -0.3 is 5.11 Å². The van der Waals surface area contributed by atoms with Gasteiger partial charge in [0.05, 0.1) is 5.69 Å². The number of rotatable bonds is 7. The molecule has 1 N–H and O–H groups in total. The van der Waals surface area contributed by atoms with Gasteiger partial charge in [-0.1, -0.05) is 42.0 Å². The molecular formula is C24H30N4O. The van der Waals surface area contributed by atoms with E-state index in [1.165, 1.54) is 16.7 Å². The van der Waals surface area contributed by atoms with Crippen molar-refractivity contribution in [2.24, 2.45) is 0 Å². The van der Waals surface area contributed by atoms with Crippen molar-refractivity contribution in [3.05, 3.63) is 83.7 Å². The largest absolute Gasteiger partial charge is 0.396 e. The van der Waals surface area contributed by atoms with Crippen LogP contribution in [-0.4, -0.2) is 57.0 Å². The van der Waals surface area contributed by atoms with Gasteiger partial charge in [-0.3, -0.25) is 9.80 Å². The molecule has 0 aliphatic carbocycles. The van der Waals surface area contributed by atoms with E-state index in [0.717, 1.165) is 44.8 Å². The second kappa shape index (κ2) is 9.35. The van der Waals surface area contributed by atoms with E-state index in [-0.39, 0.29) is 6.61 Å². The SMILES string of the molecule is Cc1ccc(CN2CCN(Cc3cccc(-n4cccn4)c3)C[C@H]2CCO)cc1. The summed E-state index contributed by atoms with van der Waals surface area (Å²) < 4.78 is 1.90. The molecule has 1 aliphatic heterocycles. The Hall–Kier alpha value is -2.47. The smallest absolute Gasteiger partial charge is 0.0648 e. The van der Waals surface area contributed by atoms with Crippen molar-refractivity contribution < 1.29 is 5.11 Å². The fraction of sp³-hybridized carbons (Fsp3) is 0.375. The van der Waals surface area contributed by atoms with Crippen LogP contribution in [0.5, 0.6) is 0 Å². The summed E-state index contributed by atoms with van der Waals surface area (Å²) in [4.78, 5) is 5.03. The van der Waals surface area contributed by atoms with E-state index in [1.807, 2.05) is 16.9 Å². The lowest BCUT2D eigenvalue weighted by Crippen LogP contribution is -2.52. The molecule has 2 heterocycles. The molecule has 1 aliphatic rings. The van der Waals surface area contributed by atoms with Crippen molar-refractivity contribution in [1.29, 1.82) is 0 Å².